The maximum atomic E-state index is 13.0. The number of benzene rings is 1. The highest BCUT2D eigenvalue weighted by atomic mass is 16.1. The first-order valence-corrected chi connectivity index (χ1v) is 11.8. The van der Waals surface area contributed by atoms with Crippen molar-refractivity contribution in [3.8, 4) is 28.3 Å². The predicted octanol–water partition coefficient (Wildman–Crippen LogP) is 4.91. The third-order valence-corrected chi connectivity index (χ3v) is 6.26. The zero-order valence-electron chi connectivity index (χ0n) is 21.5. The number of carbonyl (C=O) groups is 1. The SMILES string of the molecule is CNc1cc(-c2cc(-c3cc(NC(=O)c4ccnc(C(C)(C)C#N)c4)ccc3C)cn(C)c2=O)ccn1. The molecule has 0 atom stereocenters. The van der Waals surface area contributed by atoms with E-state index in [1.807, 2.05) is 37.3 Å². The molecule has 0 aliphatic carbocycles. The van der Waals surface area contributed by atoms with Crippen molar-refractivity contribution in [3.05, 3.63) is 94.3 Å². The van der Waals surface area contributed by atoms with Crippen molar-refractivity contribution >= 4 is 17.4 Å². The van der Waals surface area contributed by atoms with Gasteiger partial charge in [0, 0.05) is 49.5 Å². The maximum absolute atomic E-state index is 13.0. The van der Waals surface area contributed by atoms with Gasteiger partial charge in [-0.3, -0.25) is 14.6 Å². The van der Waals surface area contributed by atoms with E-state index in [1.54, 1.807) is 63.1 Å². The lowest BCUT2D eigenvalue weighted by atomic mass is 9.90. The van der Waals surface area contributed by atoms with E-state index in [-0.39, 0.29) is 11.5 Å². The first-order valence-electron chi connectivity index (χ1n) is 11.8. The fourth-order valence-electron chi connectivity index (χ4n) is 3.99. The topological polar surface area (TPSA) is 113 Å². The molecule has 3 aromatic heterocycles. The Bertz CT molecular complexity index is 1600. The first-order chi connectivity index (χ1) is 17.6. The highest BCUT2D eigenvalue weighted by molar-refractivity contribution is 6.04. The molecule has 1 amide bonds. The van der Waals surface area contributed by atoms with Crippen LogP contribution in [-0.2, 0) is 12.5 Å². The summed E-state index contributed by atoms with van der Waals surface area (Å²) in [6, 6.07) is 16.6. The first kappa shape index (κ1) is 25.3. The molecule has 0 radical (unpaired) electrons. The summed E-state index contributed by atoms with van der Waals surface area (Å²) in [6.45, 7) is 5.50. The summed E-state index contributed by atoms with van der Waals surface area (Å²) >= 11 is 0. The van der Waals surface area contributed by atoms with E-state index < -0.39 is 5.41 Å². The number of rotatable bonds is 6. The van der Waals surface area contributed by atoms with Gasteiger partial charge in [-0.15, -0.1) is 0 Å². The molecule has 0 spiro atoms. The molecule has 37 heavy (non-hydrogen) atoms. The van der Waals surface area contributed by atoms with Gasteiger partial charge in [-0.1, -0.05) is 6.07 Å². The van der Waals surface area contributed by atoms with Crippen LogP contribution in [0.2, 0.25) is 0 Å². The van der Waals surface area contributed by atoms with Gasteiger partial charge in [-0.2, -0.15) is 5.26 Å². The molecular formula is C29H28N6O2. The Kier molecular flexibility index (Phi) is 6.89. The standard InChI is InChI=1S/C29H28N6O2/c1-18-6-7-22(34-27(36)20-9-10-32-25(13-20)29(2,3)17-30)15-23(18)21-12-24(28(37)35(5)16-21)19-8-11-33-26(14-19)31-4/h6-16H,1-5H3,(H,31,33)(H,34,36). The van der Waals surface area contributed by atoms with Crippen LogP contribution in [0.25, 0.3) is 22.3 Å². The van der Waals surface area contributed by atoms with Crippen LogP contribution in [0.15, 0.2) is 71.9 Å². The smallest absolute Gasteiger partial charge is 0.258 e. The quantitative estimate of drug-likeness (QED) is 0.395. The van der Waals surface area contributed by atoms with E-state index in [1.165, 1.54) is 6.20 Å². The summed E-state index contributed by atoms with van der Waals surface area (Å²) < 4.78 is 1.56. The molecule has 8 nitrogen and oxygen atoms in total. The van der Waals surface area contributed by atoms with Crippen LogP contribution in [0.5, 0.6) is 0 Å². The number of anilines is 2. The Morgan fingerprint density at radius 2 is 1.76 bits per heavy atom. The fourth-order valence-corrected chi connectivity index (χ4v) is 3.99. The van der Waals surface area contributed by atoms with Crippen molar-refractivity contribution < 1.29 is 4.79 Å². The summed E-state index contributed by atoms with van der Waals surface area (Å²) in [4.78, 5) is 34.5. The minimum Gasteiger partial charge on any atom is -0.373 e. The minimum absolute atomic E-state index is 0.118. The van der Waals surface area contributed by atoms with E-state index in [9.17, 15) is 14.9 Å². The molecule has 0 aliphatic heterocycles. The van der Waals surface area contributed by atoms with E-state index in [0.29, 0.717) is 28.3 Å². The maximum Gasteiger partial charge on any atom is 0.258 e. The van der Waals surface area contributed by atoms with E-state index in [0.717, 1.165) is 22.3 Å². The Morgan fingerprint density at radius 1 is 1.00 bits per heavy atom. The Morgan fingerprint density at radius 3 is 2.49 bits per heavy atom. The predicted molar refractivity (Wildman–Crippen MR) is 145 cm³/mol. The number of nitrogens with one attached hydrogen (secondary N) is 2. The van der Waals surface area contributed by atoms with Gasteiger partial charge in [0.1, 0.15) is 5.82 Å². The largest absolute Gasteiger partial charge is 0.373 e. The van der Waals surface area contributed by atoms with Gasteiger partial charge in [0.15, 0.2) is 0 Å². The van der Waals surface area contributed by atoms with Gasteiger partial charge in [-0.25, -0.2) is 4.98 Å². The van der Waals surface area contributed by atoms with Crippen molar-refractivity contribution in [2.75, 3.05) is 17.7 Å². The number of pyridine rings is 3. The van der Waals surface area contributed by atoms with Gasteiger partial charge in [-0.05, 0) is 85.5 Å². The molecular weight excluding hydrogens is 464 g/mol. The molecule has 186 valence electrons. The summed E-state index contributed by atoms with van der Waals surface area (Å²) in [6.07, 6.45) is 4.99. The number of hydrogen-bond acceptors (Lipinski definition) is 6. The Balaban J connectivity index is 1.70. The van der Waals surface area contributed by atoms with Crippen LogP contribution < -0.4 is 16.2 Å². The third kappa shape index (κ3) is 5.26. The molecule has 0 saturated carbocycles. The summed E-state index contributed by atoms with van der Waals surface area (Å²) in [7, 11) is 3.50. The Hall–Kier alpha value is -4.77. The second-order valence-corrected chi connectivity index (χ2v) is 9.39. The summed E-state index contributed by atoms with van der Waals surface area (Å²) in [5.41, 5.74) is 4.67. The molecule has 4 aromatic rings. The number of aromatic nitrogens is 3. The number of amides is 1. The van der Waals surface area contributed by atoms with Crippen LogP contribution in [0, 0.1) is 18.3 Å². The third-order valence-electron chi connectivity index (χ3n) is 6.26. The lowest BCUT2D eigenvalue weighted by Gasteiger charge is -2.16. The van der Waals surface area contributed by atoms with E-state index in [2.05, 4.69) is 26.7 Å². The van der Waals surface area contributed by atoms with Gasteiger partial charge in [0.25, 0.3) is 11.5 Å². The number of carbonyl (C=O) groups excluding carboxylic acids is 1. The van der Waals surface area contributed by atoms with Crippen molar-refractivity contribution in [3.63, 3.8) is 0 Å². The molecule has 0 aliphatic rings. The lowest BCUT2D eigenvalue weighted by molar-refractivity contribution is 0.102. The highest BCUT2D eigenvalue weighted by Gasteiger charge is 2.22. The molecule has 3 heterocycles. The molecule has 8 heteroatoms. The van der Waals surface area contributed by atoms with E-state index in [4.69, 9.17) is 0 Å². The lowest BCUT2D eigenvalue weighted by Crippen LogP contribution is -2.19. The van der Waals surface area contributed by atoms with Crippen LogP contribution in [-0.4, -0.2) is 27.5 Å². The van der Waals surface area contributed by atoms with Crippen molar-refractivity contribution in [2.24, 2.45) is 7.05 Å². The summed E-state index contributed by atoms with van der Waals surface area (Å²) in [5, 5.41) is 15.4. The van der Waals surface area contributed by atoms with Gasteiger partial charge < -0.3 is 15.2 Å². The van der Waals surface area contributed by atoms with E-state index >= 15 is 0 Å². The van der Waals surface area contributed by atoms with Crippen molar-refractivity contribution in [2.45, 2.75) is 26.2 Å². The van der Waals surface area contributed by atoms with Crippen LogP contribution in [0.1, 0.15) is 35.5 Å². The average Bonchev–Trinajstić information content (AvgIpc) is 2.91. The minimum atomic E-state index is -0.808. The second kappa shape index (κ2) is 10.1. The normalized spacial score (nSPS) is 11.0. The molecule has 2 N–H and O–H groups in total. The number of hydrogen-bond donors (Lipinski definition) is 2. The van der Waals surface area contributed by atoms with Gasteiger partial charge in [0.2, 0.25) is 0 Å². The molecule has 0 bridgehead atoms. The zero-order valence-corrected chi connectivity index (χ0v) is 21.5. The molecule has 0 unspecified atom stereocenters. The van der Waals surface area contributed by atoms with Crippen LogP contribution in [0.4, 0.5) is 11.5 Å². The second-order valence-electron chi connectivity index (χ2n) is 9.39. The number of nitrogens with zero attached hydrogens (tertiary/aromatic N) is 4. The molecule has 0 saturated heterocycles. The average molecular weight is 493 g/mol. The van der Waals surface area contributed by atoms with Crippen LogP contribution in [0.3, 0.4) is 0 Å². The molecule has 1 aromatic carbocycles. The fraction of sp³-hybridized carbons (Fsp3) is 0.207. The van der Waals surface area contributed by atoms with Crippen molar-refractivity contribution in [1.29, 1.82) is 5.26 Å². The molecule has 0 fully saturated rings. The zero-order chi connectivity index (χ0) is 26.7. The van der Waals surface area contributed by atoms with Crippen LogP contribution >= 0.6 is 0 Å². The summed E-state index contributed by atoms with van der Waals surface area (Å²) in [5.74, 6) is 0.369. The molecule has 4 rings (SSSR count). The Labute approximate surface area is 215 Å². The monoisotopic (exact) mass is 492 g/mol. The van der Waals surface area contributed by atoms with Gasteiger partial charge >= 0.3 is 0 Å². The van der Waals surface area contributed by atoms with Crippen molar-refractivity contribution in [1.82, 2.24) is 14.5 Å². The van der Waals surface area contributed by atoms with Gasteiger partial charge in [0.05, 0.1) is 17.2 Å². The number of nitriles is 1. The highest BCUT2D eigenvalue weighted by Crippen LogP contribution is 2.30. The number of aryl methyl sites for hydroxylation is 2.